The van der Waals surface area contributed by atoms with Crippen LogP contribution in [0.25, 0.3) is 11.4 Å². The average Bonchev–Trinajstić information content (AvgIpc) is 2.68. The highest BCUT2D eigenvalue weighted by molar-refractivity contribution is 5.93. The van der Waals surface area contributed by atoms with Crippen LogP contribution in [0.5, 0.6) is 0 Å². The summed E-state index contributed by atoms with van der Waals surface area (Å²) in [5.41, 5.74) is 1.42. The van der Waals surface area contributed by atoms with E-state index in [0.717, 1.165) is 25.2 Å². The van der Waals surface area contributed by atoms with E-state index in [4.69, 9.17) is 0 Å². The Labute approximate surface area is 148 Å². The number of piperidine rings is 1. The summed E-state index contributed by atoms with van der Waals surface area (Å²) in [6, 6.07) is 3.71. The molecule has 25 heavy (non-hydrogen) atoms. The van der Waals surface area contributed by atoms with Gasteiger partial charge in [-0.2, -0.15) is 0 Å². The molecule has 2 aromatic heterocycles. The lowest BCUT2D eigenvalue weighted by Gasteiger charge is -2.34. The normalized spacial score (nSPS) is 18.1. The largest absolute Gasteiger partial charge is 0.341 e. The standard InChI is InChI=1S/C19H25N5O/c1-3-24-10-4-5-15(14-24)13-23(2)19(25)17-11-21-18(22-12-17)16-6-8-20-9-7-16/h6-9,11-12,15H,3-5,10,13-14H2,1-2H3/t15-/m0/s1. The van der Waals surface area contributed by atoms with Gasteiger partial charge in [-0.15, -0.1) is 0 Å². The quantitative estimate of drug-likeness (QED) is 0.837. The SMILES string of the molecule is CCN1CCC[C@@H](CN(C)C(=O)c2cnc(-c3ccncc3)nc2)C1. The van der Waals surface area contributed by atoms with Gasteiger partial charge in [-0.05, 0) is 44.0 Å². The molecule has 1 aliphatic heterocycles. The molecular weight excluding hydrogens is 314 g/mol. The third kappa shape index (κ3) is 4.39. The van der Waals surface area contributed by atoms with Crippen molar-refractivity contribution in [2.45, 2.75) is 19.8 Å². The number of hydrogen-bond acceptors (Lipinski definition) is 5. The van der Waals surface area contributed by atoms with Gasteiger partial charge < -0.3 is 9.80 Å². The zero-order chi connectivity index (χ0) is 17.6. The highest BCUT2D eigenvalue weighted by atomic mass is 16.2. The second kappa shape index (κ2) is 8.16. The summed E-state index contributed by atoms with van der Waals surface area (Å²) in [4.78, 5) is 29.5. The Kier molecular flexibility index (Phi) is 5.71. The lowest BCUT2D eigenvalue weighted by Crippen LogP contribution is -2.41. The minimum absolute atomic E-state index is 0.0186. The molecule has 0 saturated carbocycles. The molecule has 1 amide bonds. The zero-order valence-electron chi connectivity index (χ0n) is 14.9. The minimum Gasteiger partial charge on any atom is -0.341 e. The second-order valence-electron chi connectivity index (χ2n) is 6.62. The fourth-order valence-electron chi connectivity index (χ4n) is 3.37. The number of aromatic nitrogens is 3. The molecule has 0 bridgehead atoms. The van der Waals surface area contributed by atoms with Crippen LogP contribution >= 0.6 is 0 Å². The molecule has 0 N–H and O–H groups in total. The van der Waals surface area contributed by atoms with Crippen molar-refractivity contribution in [1.29, 1.82) is 0 Å². The van der Waals surface area contributed by atoms with Crippen LogP contribution in [0.4, 0.5) is 0 Å². The monoisotopic (exact) mass is 339 g/mol. The summed E-state index contributed by atoms with van der Waals surface area (Å²) < 4.78 is 0. The number of likely N-dealkylation sites (tertiary alicyclic amines) is 1. The van der Waals surface area contributed by atoms with E-state index in [1.807, 2.05) is 19.2 Å². The molecule has 2 aromatic rings. The molecule has 0 unspecified atom stereocenters. The Balaban J connectivity index is 1.62. The average molecular weight is 339 g/mol. The van der Waals surface area contributed by atoms with Gasteiger partial charge in [0.1, 0.15) is 0 Å². The third-order valence-corrected chi connectivity index (χ3v) is 4.77. The van der Waals surface area contributed by atoms with Crippen LogP contribution in [-0.4, -0.2) is 63.9 Å². The molecule has 1 fully saturated rings. The molecule has 6 heteroatoms. The second-order valence-corrected chi connectivity index (χ2v) is 6.62. The molecule has 1 atom stereocenters. The van der Waals surface area contributed by atoms with Crippen molar-refractivity contribution in [2.24, 2.45) is 5.92 Å². The number of pyridine rings is 1. The van der Waals surface area contributed by atoms with E-state index in [1.165, 1.54) is 19.4 Å². The predicted octanol–water partition coefficient (Wildman–Crippen LogP) is 2.34. The van der Waals surface area contributed by atoms with Crippen molar-refractivity contribution in [3.05, 3.63) is 42.5 Å². The van der Waals surface area contributed by atoms with Gasteiger partial charge in [0.15, 0.2) is 5.82 Å². The summed E-state index contributed by atoms with van der Waals surface area (Å²) in [6.45, 7) is 6.30. The van der Waals surface area contributed by atoms with E-state index in [2.05, 4.69) is 26.8 Å². The van der Waals surface area contributed by atoms with E-state index in [0.29, 0.717) is 17.3 Å². The molecule has 0 radical (unpaired) electrons. The molecule has 1 aliphatic rings. The van der Waals surface area contributed by atoms with Crippen molar-refractivity contribution in [3.63, 3.8) is 0 Å². The van der Waals surface area contributed by atoms with Crippen LogP contribution in [0.1, 0.15) is 30.1 Å². The van der Waals surface area contributed by atoms with Crippen molar-refractivity contribution in [1.82, 2.24) is 24.8 Å². The smallest absolute Gasteiger partial charge is 0.256 e. The van der Waals surface area contributed by atoms with Gasteiger partial charge >= 0.3 is 0 Å². The predicted molar refractivity (Wildman–Crippen MR) is 97.1 cm³/mol. The van der Waals surface area contributed by atoms with Gasteiger partial charge in [-0.25, -0.2) is 9.97 Å². The van der Waals surface area contributed by atoms with Gasteiger partial charge in [0.2, 0.25) is 0 Å². The van der Waals surface area contributed by atoms with Crippen molar-refractivity contribution in [2.75, 3.05) is 33.2 Å². The molecule has 0 aromatic carbocycles. The van der Waals surface area contributed by atoms with E-state index >= 15 is 0 Å². The number of amides is 1. The number of carbonyl (C=O) groups excluding carboxylic acids is 1. The van der Waals surface area contributed by atoms with Crippen molar-refractivity contribution < 1.29 is 4.79 Å². The molecule has 0 aliphatic carbocycles. The first kappa shape index (κ1) is 17.5. The Morgan fingerprint density at radius 3 is 2.68 bits per heavy atom. The molecule has 1 saturated heterocycles. The first-order chi connectivity index (χ1) is 12.2. The number of carbonyl (C=O) groups is 1. The summed E-state index contributed by atoms with van der Waals surface area (Å²) in [6.07, 6.45) is 9.03. The number of hydrogen-bond donors (Lipinski definition) is 0. The summed E-state index contributed by atoms with van der Waals surface area (Å²) >= 11 is 0. The number of nitrogens with zero attached hydrogens (tertiary/aromatic N) is 5. The molecular formula is C19H25N5O. The van der Waals surface area contributed by atoms with Gasteiger partial charge in [0, 0.05) is 50.5 Å². The molecule has 3 rings (SSSR count). The first-order valence-corrected chi connectivity index (χ1v) is 8.87. The van der Waals surface area contributed by atoms with Crippen LogP contribution in [0, 0.1) is 5.92 Å². The molecule has 132 valence electrons. The highest BCUT2D eigenvalue weighted by Gasteiger charge is 2.22. The lowest BCUT2D eigenvalue weighted by molar-refractivity contribution is 0.0732. The van der Waals surface area contributed by atoms with Crippen LogP contribution in [-0.2, 0) is 0 Å². The summed E-state index contributed by atoms with van der Waals surface area (Å²) in [5.74, 6) is 1.13. The van der Waals surface area contributed by atoms with Gasteiger partial charge in [0.25, 0.3) is 5.91 Å². The molecule has 3 heterocycles. The number of rotatable bonds is 5. The van der Waals surface area contributed by atoms with E-state index in [-0.39, 0.29) is 5.91 Å². The van der Waals surface area contributed by atoms with E-state index in [1.54, 1.807) is 29.7 Å². The maximum absolute atomic E-state index is 12.6. The Bertz CT molecular complexity index is 689. The van der Waals surface area contributed by atoms with Crippen LogP contribution in [0.2, 0.25) is 0 Å². The maximum atomic E-state index is 12.6. The van der Waals surface area contributed by atoms with Crippen molar-refractivity contribution in [3.8, 4) is 11.4 Å². The van der Waals surface area contributed by atoms with E-state index in [9.17, 15) is 4.79 Å². The van der Waals surface area contributed by atoms with Gasteiger partial charge in [-0.1, -0.05) is 6.92 Å². The Morgan fingerprint density at radius 2 is 2.00 bits per heavy atom. The minimum atomic E-state index is -0.0186. The maximum Gasteiger partial charge on any atom is 0.256 e. The van der Waals surface area contributed by atoms with Crippen molar-refractivity contribution >= 4 is 5.91 Å². The van der Waals surface area contributed by atoms with Gasteiger partial charge in [-0.3, -0.25) is 9.78 Å². The summed E-state index contributed by atoms with van der Waals surface area (Å²) in [5, 5.41) is 0. The van der Waals surface area contributed by atoms with Crippen LogP contribution in [0.3, 0.4) is 0 Å². The summed E-state index contributed by atoms with van der Waals surface area (Å²) in [7, 11) is 1.87. The highest BCUT2D eigenvalue weighted by Crippen LogP contribution is 2.18. The topological polar surface area (TPSA) is 62.2 Å². The van der Waals surface area contributed by atoms with E-state index < -0.39 is 0 Å². The zero-order valence-corrected chi connectivity index (χ0v) is 14.9. The molecule has 0 spiro atoms. The van der Waals surface area contributed by atoms with Gasteiger partial charge in [0.05, 0.1) is 5.56 Å². The fraction of sp³-hybridized carbons (Fsp3) is 0.474. The lowest BCUT2D eigenvalue weighted by atomic mass is 9.97. The van der Waals surface area contributed by atoms with Crippen LogP contribution < -0.4 is 0 Å². The first-order valence-electron chi connectivity index (χ1n) is 8.87. The third-order valence-electron chi connectivity index (χ3n) is 4.77. The Morgan fingerprint density at radius 1 is 1.28 bits per heavy atom. The Hall–Kier alpha value is -2.34. The van der Waals surface area contributed by atoms with Crippen LogP contribution in [0.15, 0.2) is 36.9 Å². The molecule has 6 nitrogen and oxygen atoms in total. The fourth-order valence-corrected chi connectivity index (χ4v) is 3.37.